The van der Waals surface area contributed by atoms with Crippen molar-refractivity contribution < 1.29 is 4.79 Å². The maximum absolute atomic E-state index is 12.7. The lowest BCUT2D eigenvalue weighted by molar-refractivity contribution is 0.0689. The highest BCUT2D eigenvalue weighted by Crippen LogP contribution is 2.16. The number of hydrogen-bond acceptors (Lipinski definition) is 6. The molecule has 1 fully saturated rings. The van der Waals surface area contributed by atoms with Crippen LogP contribution in [0, 0.1) is 0 Å². The van der Waals surface area contributed by atoms with Gasteiger partial charge in [0.05, 0.1) is 6.54 Å². The molecule has 7 heteroatoms. The molecule has 0 spiro atoms. The van der Waals surface area contributed by atoms with Gasteiger partial charge in [0.25, 0.3) is 0 Å². The molecule has 2 aromatic heterocycles. The van der Waals surface area contributed by atoms with Gasteiger partial charge >= 0.3 is 0 Å². The van der Waals surface area contributed by atoms with Gasteiger partial charge in [-0.3, -0.25) is 9.69 Å². The van der Waals surface area contributed by atoms with E-state index in [1.54, 1.807) is 16.6 Å². The van der Waals surface area contributed by atoms with Gasteiger partial charge < -0.3 is 10.6 Å². The maximum atomic E-state index is 12.7. The average Bonchev–Trinajstić information content (AvgIpc) is 2.94. The first-order valence-electron chi connectivity index (χ1n) is 7.64. The SMILES string of the molecule is CCC1CN(C)CCN1CC(=O)c1ccc2c(N)ncnn12. The number of anilines is 1. The summed E-state index contributed by atoms with van der Waals surface area (Å²) in [7, 11) is 2.13. The second-order valence-corrected chi connectivity index (χ2v) is 5.88. The molecule has 1 saturated heterocycles. The van der Waals surface area contributed by atoms with Crippen LogP contribution in [0.5, 0.6) is 0 Å². The molecule has 0 amide bonds. The van der Waals surface area contributed by atoms with Gasteiger partial charge in [0.15, 0.2) is 11.6 Å². The van der Waals surface area contributed by atoms with E-state index in [4.69, 9.17) is 5.73 Å². The molecule has 1 aliphatic rings. The van der Waals surface area contributed by atoms with Gasteiger partial charge in [0.2, 0.25) is 0 Å². The normalized spacial score (nSPS) is 20.5. The number of fused-ring (bicyclic) bond motifs is 1. The van der Waals surface area contributed by atoms with Crippen LogP contribution in [0.4, 0.5) is 5.82 Å². The van der Waals surface area contributed by atoms with E-state index >= 15 is 0 Å². The minimum atomic E-state index is 0.0705. The summed E-state index contributed by atoms with van der Waals surface area (Å²) in [5.74, 6) is 0.459. The van der Waals surface area contributed by atoms with E-state index in [9.17, 15) is 4.79 Å². The van der Waals surface area contributed by atoms with E-state index in [0.29, 0.717) is 29.6 Å². The number of carbonyl (C=O) groups excluding carboxylic acids is 1. The number of nitrogen functional groups attached to an aromatic ring is 1. The number of carbonyl (C=O) groups is 1. The summed E-state index contributed by atoms with van der Waals surface area (Å²) in [6, 6.07) is 4.00. The van der Waals surface area contributed by atoms with E-state index in [1.807, 2.05) is 0 Å². The molecule has 2 aromatic rings. The molecule has 7 nitrogen and oxygen atoms in total. The van der Waals surface area contributed by atoms with Crippen molar-refractivity contribution >= 4 is 17.1 Å². The van der Waals surface area contributed by atoms with Crippen molar-refractivity contribution in [1.82, 2.24) is 24.4 Å². The van der Waals surface area contributed by atoms with Crippen LogP contribution in [0.3, 0.4) is 0 Å². The third-order valence-corrected chi connectivity index (χ3v) is 4.39. The number of ketones is 1. The second-order valence-electron chi connectivity index (χ2n) is 5.88. The summed E-state index contributed by atoms with van der Waals surface area (Å²) in [5, 5.41) is 4.15. The molecule has 118 valence electrons. The Balaban J connectivity index is 1.80. The Morgan fingerprint density at radius 2 is 2.23 bits per heavy atom. The van der Waals surface area contributed by atoms with E-state index in [1.165, 1.54) is 6.33 Å². The molecule has 1 aliphatic heterocycles. The van der Waals surface area contributed by atoms with Crippen molar-refractivity contribution in [3.63, 3.8) is 0 Å². The molecule has 3 heterocycles. The van der Waals surface area contributed by atoms with Crippen molar-refractivity contribution in [1.29, 1.82) is 0 Å². The van der Waals surface area contributed by atoms with Crippen LogP contribution in [0.2, 0.25) is 0 Å². The summed E-state index contributed by atoms with van der Waals surface area (Å²) < 4.78 is 1.59. The van der Waals surface area contributed by atoms with Crippen LogP contribution < -0.4 is 5.73 Å². The Morgan fingerprint density at radius 3 is 3.00 bits per heavy atom. The molecule has 1 atom stereocenters. The second kappa shape index (κ2) is 6.02. The van der Waals surface area contributed by atoms with E-state index < -0.39 is 0 Å². The highest BCUT2D eigenvalue weighted by molar-refractivity contribution is 5.97. The number of aromatic nitrogens is 3. The molecule has 0 aliphatic carbocycles. The predicted octanol–water partition coefficient (Wildman–Crippen LogP) is 0.520. The number of piperazine rings is 1. The number of Topliss-reactive ketones (excluding diaryl/α,β-unsaturated/α-hetero) is 1. The van der Waals surface area contributed by atoms with Gasteiger partial charge in [-0.2, -0.15) is 5.10 Å². The highest BCUT2D eigenvalue weighted by atomic mass is 16.1. The molecule has 0 radical (unpaired) electrons. The first kappa shape index (κ1) is 14.9. The monoisotopic (exact) mass is 302 g/mol. The minimum Gasteiger partial charge on any atom is -0.382 e. The molecule has 0 saturated carbocycles. The van der Waals surface area contributed by atoms with E-state index in [-0.39, 0.29) is 5.78 Å². The first-order chi connectivity index (χ1) is 10.6. The molecule has 3 rings (SSSR count). The maximum Gasteiger partial charge on any atom is 0.195 e. The molecule has 22 heavy (non-hydrogen) atoms. The number of nitrogens with two attached hydrogens (primary N) is 1. The zero-order valence-corrected chi connectivity index (χ0v) is 13.1. The zero-order chi connectivity index (χ0) is 15.7. The Kier molecular flexibility index (Phi) is 4.08. The van der Waals surface area contributed by atoms with Crippen LogP contribution in [-0.4, -0.2) is 69.4 Å². The fourth-order valence-corrected chi connectivity index (χ4v) is 3.07. The summed E-state index contributed by atoms with van der Waals surface area (Å²) in [5.41, 5.74) is 7.06. The number of nitrogens with zero attached hydrogens (tertiary/aromatic N) is 5. The fraction of sp³-hybridized carbons (Fsp3) is 0.533. The molecule has 2 N–H and O–H groups in total. The third kappa shape index (κ3) is 2.69. The lowest BCUT2D eigenvalue weighted by Crippen LogP contribution is -2.52. The third-order valence-electron chi connectivity index (χ3n) is 4.39. The summed E-state index contributed by atoms with van der Waals surface area (Å²) in [6.45, 7) is 5.51. The lowest BCUT2D eigenvalue weighted by Gasteiger charge is -2.39. The van der Waals surface area contributed by atoms with E-state index in [0.717, 1.165) is 26.1 Å². The van der Waals surface area contributed by atoms with Crippen LogP contribution in [-0.2, 0) is 0 Å². The van der Waals surface area contributed by atoms with Gasteiger partial charge in [-0.25, -0.2) is 9.50 Å². The highest BCUT2D eigenvalue weighted by Gasteiger charge is 2.26. The van der Waals surface area contributed by atoms with Crippen molar-refractivity contribution in [3.05, 3.63) is 24.2 Å². The van der Waals surface area contributed by atoms with Crippen LogP contribution in [0.25, 0.3) is 5.52 Å². The molecule has 1 unspecified atom stereocenters. The van der Waals surface area contributed by atoms with Gasteiger partial charge in [-0.05, 0) is 25.6 Å². The van der Waals surface area contributed by atoms with Crippen molar-refractivity contribution in [2.75, 3.05) is 39.0 Å². The van der Waals surface area contributed by atoms with Gasteiger partial charge in [-0.1, -0.05) is 6.92 Å². The fourth-order valence-electron chi connectivity index (χ4n) is 3.07. The Labute approximate surface area is 129 Å². The first-order valence-corrected chi connectivity index (χ1v) is 7.64. The van der Waals surface area contributed by atoms with Crippen LogP contribution >= 0.6 is 0 Å². The van der Waals surface area contributed by atoms with Crippen molar-refractivity contribution in [2.24, 2.45) is 0 Å². The zero-order valence-electron chi connectivity index (χ0n) is 13.1. The molecule has 0 aromatic carbocycles. The van der Waals surface area contributed by atoms with Crippen LogP contribution in [0.15, 0.2) is 18.5 Å². The molecule has 0 bridgehead atoms. The molecular weight excluding hydrogens is 280 g/mol. The summed E-state index contributed by atoms with van der Waals surface area (Å²) in [6.07, 6.45) is 2.42. The predicted molar refractivity (Wildman–Crippen MR) is 84.9 cm³/mol. The number of hydrogen-bond donors (Lipinski definition) is 1. The summed E-state index contributed by atoms with van der Waals surface area (Å²) >= 11 is 0. The Hall–Kier alpha value is -1.99. The Morgan fingerprint density at radius 1 is 1.41 bits per heavy atom. The number of rotatable bonds is 4. The smallest absolute Gasteiger partial charge is 0.195 e. The van der Waals surface area contributed by atoms with Crippen molar-refractivity contribution in [2.45, 2.75) is 19.4 Å². The minimum absolute atomic E-state index is 0.0705. The van der Waals surface area contributed by atoms with Gasteiger partial charge in [-0.15, -0.1) is 0 Å². The average molecular weight is 302 g/mol. The number of likely N-dealkylation sites (N-methyl/N-ethyl adjacent to an activating group) is 1. The topological polar surface area (TPSA) is 79.8 Å². The lowest BCUT2D eigenvalue weighted by atomic mass is 10.1. The van der Waals surface area contributed by atoms with E-state index in [2.05, 4.69) is 33.9 Å². The Bertz CT molecular complexity index is 682. The molecular formula is C15H22N6O. The van der Waals surface area contributed by atoms with Crippen molar-refractivity contribution in [3.8, 4) is 0 Å². The van der Waals surface area contributed by atoms with Gasteiger partial charge in [0.1, 0.15) is 17.5 Å². The van der Waals surface area contributed by atoms with Gasteiger partial charge in [0, 0.05) is 25.7 Å². The quantitative estimate of drug-likeness (QED) is 0.830. The van der Waals surface area contributed by atoms with Crippen LogP contribution in [0.1, 0.15) is 23.8 Å². The largest absolute Gasteiger partial charge is 0.382 e. The summed E-state index contributed by atoms with van der Waals surface area (Å²) in [4.78, 5) is 21.2. The standard InChI is InChI=1S/C15H22N6O/c1-3-11-8-19(2)6-7-20(11)9-14(22)12-4-5-13-15(16)17-10-18-21(12)13/h4-5,10-11H,3,6-9H2,1-2H3,(H2,16,17,18).